The SMILES string of the molecule is Cc1cccnc1C(O)c1c(Cl)cnn1C(C)C. The minimum Gasteiger partial charge on any atom is -0.380 e. The molecule has 2 aromatic rings. The third kappa shape index (κ3) is 2.26. The molecule has 0 aliphatic carbocycles. The zero-order valence-corrected chi connectivity index (χ0v) is 11.4. The van der Waals surface area contributed by atoms with Crippen LogP contribution in [-0.2, 0) is 0 Å². The highest BCUT2D eigenvalue weighted by Gasteiger charge is 2.23. The summed E-state index contributed by atoms with van der Waals surface area (Å²) in [7, 11) is 0. The Balaban J connectivity index is 2.49. The quantitative estimate of drug-likeness (QED) is 0.928. The second-order valence-corrected chi connectivity index (χ2v) is 4.93. The largest absolute Gasteiger partial charge is 0.380 e. The first kappa shape index (κ1) is 13.1. The highest BCUT2D eigenvalue weighted by molar-refractivity contribution is 6.31. The van der Waals surface area contributed by atoms with Gasteiger partial charge in [-0.2, -0.15) is 5.10 Å². The van der Waals surface area contributed by atoms with Gasteiger partial charge in [0.25, 0.3) is 0 Å². The van der Waals surface area contributed by atoms with E-state index in [0.717, 1.165) is 5.56 Å². The summed E-state index contributed by atoms with van der Waals surface area (Å²) in [5.41, 5.74) is 2.13. The van der Waals surface area contributed by atoms with E-state index in [4.69, 9.17) is 11.6 Å². The predicted octanol–water partition coefficient (Wildman–Crippen LogP) is 2.90. The van der Waals surface area contributed by atoms with Crippen LogP contribution in [-0.4, -0.2) is 19.9 Å². The zero-order chi connectivity index (χ0) is 13.3. The average molecular weight is 266 g/mol. The molecule has 1 unspecified atom stereocenters. The molecule has 0 aromatic carbocycles. The van der Waals surface area contributed by atoms with E-state index in [0.29, 0.717) is 16.4 Å². The summed E-state index contributed by atoms with van der Waals surface area (Å²) < 4.78 is 1.72. The number of rotatable bonds is 3. The van der Waals surface area contributed by atoms with Crippen LogP contribution in [0.15, 0.2) is 24.5 Å². The lowest BCUT2D eigenvalue weighted by atomic mass is 10.1. The normalized spacial score (nSPS) is 13.0. The molecule has 1 N–H and O–H groups in total. The molecule has 96 valence electrons. The van der Waals surface area contributed by atoms with Gasteiger partial charge in [0.05, 0.1) is 22.6 Å². The number of aromatic nitrogens is 3. The smallest absolute Gasteiger partial charge is 0.139 e. The van der Waals surface area contributed by atoms with Gasteiger partial charge in [-0.25, -0.2) is 0 Å². The van der Waals surface area contributed by atoms with E-state index < -0.39 is 6.10 Å². The van der Waals surface area contributed by atoms with Crippen molar-refractivity contribution in [1.82, 2.24) is 14.8 Å². The molecule has 5 heteroatoms. The molecule has 0 amide bonds. The first-order valence-electron chi connectivity index (χ1n) is 5.85. The van der Waals surface area contributed by atoms with Gasteiger partial charge in [0, 0.05) is 12.2 Å². The maximum Gasteiger partial charge on any atom is 0.139 e. The Morgan fingerprint density at radius 2 is 2.11 bits per heavy atom. The van der Waals surface area contributed by atoms with E-state index in [2.05, 4.69) is 10.1 Å². The Kier molecular flexibility index (Phi) is 3.68. The lowest BCUT2D eigenvalue weighted by Gasteiger charge is -2.17. The molecule has 2 aromatic heterocycles. The molecular weight excluding hydrogens is 250 g/mol. The van der Waals surface area contributed by atoms with Gasteiger partial charge in [-0.3, -0.25) is 9.67 Å². The summed E-state index contributed by atoms with van der Waals surface area (Å²) in [5.74, 6) is 0. The number of nitrogens with zero attached hydrogens (tertiary/aromatic N) is 3. The number of halogens is 1. The van der Waals surface area contributed by atoms with Crippen molar-refractivity contribution < 1.29 is 5.11 Å². The fourth-order valence-electron chi connectivity index (χ4n) is 1.93. The zero-order valence-electron chi connectivity index (χ0n) is 10.6. The van der Waals surface area contributed by atoms with Crippen molar-refractivity contribution in [2.75, 3.05) is 0 Å². The molecular formula is C13H16ClN3O. The Morgan fingerprint density at radius 3 is 2.72 bits per heavy atom. The first-order chi connectivity index (χ1) is 8.52. The van der Waals surface area contributed by atoms with Gasteiger partial charge in [-0.1, -0.05) is 17.7 Å². The van der Waals surface area contributed by atoms with Crippen molar-refractivity contribution >= 4 is 11.6 Å². The van der Waals surface area contributed by atoms with Crippen molar-refractivity contribution in [2.45, 2.75) is 32.9 Å². The van der Waals surface area contributed by atoms with E-state index in [1.807, 2.05) is 32.9 Å². The number of aryl methyl sites for hydroxylation is 1. The molecule has 18 heavy (non-hydrogen) atoms. The highest BCUT2D eigenvalue weighted by atomic mass is 35.5. The summed E-state index contributed by atoms with van der Waals surface area (Å²) in [6.45, 7) is 5.89. The van der Waals surface area contributed by atoms with Crippen molar-refractivity contribution in [3.05, 3.63) is 46.5 Å². The van der Waals surface area contributed by atoms with Crippen LogP contribution >= 0.6 is 11.6 Å². The van der Waals surface area contributed by atoms with Crippen LogP contribution in [0.5, 0.6) is 0 Å². The molecule has 0 saturated heterocycles. The molecule has 0 saturated carbocycles. The molecule has 2 heterocycles. The lowest BCUT2D eigenvalue weighted by molar-refractivity contribution is 0.199. The maximum absolute atomic E-state index is 10.5. The minimum absolute atomic E-state index is 0.131. The van der Waals surface area contributed by atoms with Crippen LogP contribution in [0.1, 0.15) is 42.9 Å². The number of aliphatic hydroxyl groups is 1. The molecule has 0 aliphatic heterocycles. The molecule has 1 atom stereocenters. The summed E-state index contributed by atoms with van der Waals surface area (Å²) in [6, 6.07) is 3.88. The molecule has 4 nitrogen and oxygen atoms in total. The van der Waals surface area contributed by atoms with Crippen LogP contribution in [0.4, 0.5) is 0 Å². The van der Waals surface area contributed by atoms with Gasteiger partial charge in [0.1, 0.15) is 6.10 Å². The number of pyridine rings is 1. The van der Waals surface area contributed by atoms with Gasteiger partial charge in [0.15, 0.2) is 0 Å². The molecule has 0 radical (unpaired) electrons. The summed E-state index contributed by atoms with van der Waals surface area (Å²) in [5, 5.41) is 15.1. The van der Waals surface area contributed by atoms with Crippen LogP contribution in [0, 0.1) is 6.92 Å². The van der Waals surface area contributed by atoms with Gasteiger partial charge in [-0.05, 0) is 32.4 Å². The lowest BCUT2D eigenvalue weighted by Crippen LogP contribution is -2.14. The fourth-order valence-corrected chi connectivity index (χ4v) is 2.17. The second kappa shape index (κ2) is 5.08. The van der Waals surface area contributed by atoms with Crippen LogP contribution < -0.4 is 0 Å². The van der Waals surface area contributed by atoms with Crippen LogP contribution in [0.2, 0.25) is 5.02 Å². The van der Waals surface area contributed by atoms with E-state index >= 15 is 0 Å². The summed E-state index contributed by atoms with van der Waals surface area (Å²) >= 11 is 6.12. The second-order valence-electron chi connectivity index (χ2n) is 4.52. The fraction of sp³-hybridized carbons (Fsp3) is 0.385. The van der Waals surface area contributed by atoms with Crippen molar-refractivity contribution in [1.29, 1.82) is 0 Å². The highest BCUT2D eigenvalue weighted by Crippen LogP contribution is 2.30. The Morgan fingerprint density at radius 1 is 1.39 bits per heavy atom. The van der Waals surface area contributed by atoms with Gasteiger partial charge < -0.3 is 5.11 Å². The van der Waals surface area contributed by atoms with Gasteiger partial charge in [-0.15, -0.1) is 0 Å². The minimum atomic E-state index is -0.858. The predicted molar refractivity (Wildman–Crippen MR) is 70.7 cm³/mol. The molecule has 0 spiro atoms. The van der Waals surface area contributed by atoms with Crippen LogP contribution in [0.3, 0.4) is 0 Å². The van der Waals surface area contributed by atoms with Crippen LogP contribution in [0.25, 0.3) is 0 Å². The summed E-state index contributed by atoms with van der Waals surface area (Å²) in [6.07, 6.45) is 2.36. The van der Waals surface area contributed by atoms with E-state index in [9.17, 15) is 5.11 Å². The van der Waals surface area contributed by atoms with E-state index in [1.54, 1.807) is 17.1 Å². The standard InChI is InChI=1S/C13H16ClN3O/c1-8(2)17-12(10(14)7-16-17)13(18)11-9(3)5-4-6-15-11/h4-8,13,18H,1-3H3. The molecule has 2 rings (SSSR count). The topological polar surface area (TPSA) is 50.9 Å². The Hall–Kier alpha value is -1.39. The van der Waals surface area contributed by atoms with Gasteiger partial charge >= 0.3 is 0 Å². The third-order valence-corrected chi connectivity index (χ3v) is 3.14. The van der Waals surface area contributed by atoms with Crippen molar-refractivity contribution in [3.8, 4) is 0 Å². The van der Waals surface area contributed by atoms with Crippen molar-refractivity contribution in [2.24, 2.45) is 0 Å². The van der Waals surface area contributed by atoms with Gasteiger partial charge in [0.2, 0.25) is 0 Å². The molecule has 0 aliphatic rings. The Labute approximate surface area is 111 Å². The average Bonchev–Trinajstić information content (AvgIpc) is 2.71. The van der Waals surface area contributed by atoms with Crippen molar-refractivity contribution in [3.63, 3.8) is 0 Å². The molecule has 0 bridgehead atoms. The Bertz CT molecular complexity index is 551. The number of hydrogen-bond donors (Lipinski definition) is 1. The molecule has 0 fully saturated rings. The maximum atomic E-state index is 10.5. The third-order valence-electron chi connectivity index (χ3n) is 2.84. The number of aliphatic hydroxyl groups excluding tert-OH is 1. The van der Waals surface area contributed by atoms with E-state index in [-0.39, 0.29) is 6.04 Å². The first-order valence-corrected chi connectivity index (χ1v) is 6.22. The summed E-state index contributed by atoms with van der Waals surface area (Å²) in [4.78, 5) is 4.23. The number of hydrogen-bond acceptors (Lipinski definition) is 3. The van der Waals surface area contributed by atoms with E-state index in [1.165, 1.54) is 0 Å². The monoisotopic (exact) mass is 265 g/mol.